The summed E-state index contributed by atoms with van der Waals surface area (Å²) >= 11 is 0. The van der Waals surface area contributed by atoms with Crippen LogP contribution in [0.4, 0.5) is 0 Å². The van der Waals surface area contributed by atoms with Crippen molar-refractivity contribution in [1.82, 2.24) is 0 Å². The van der Waals surface area contributed by atoms with E-state index in [-0.39, 0.29) is 26.1 Å². The van der Waals surface area contributed by atoms with Gasteiger partial charge in [0.05, 0.1) is 19.8 Å². The SMILES string of the molecule is OC[C@H]1OC(Cc2ccccc2)(OCc2ccccc2)[C@](Cc2ccccc2)(OCc2ccccc2)[C@@H](O)[C@@H]1O. The maximum absolute atomic E-state index is 12.0. The average Bonchev–Trinajstić information content (AvgIpc) is 3.01. The number of ether oxygens (including phenoxy) is 3. The van der Waals surface area contributed by atoms with Crippen molar-refractivity contribution in [3.63, 3.8) is 0 Å². The quantitative estimate of drug-likeness (QED) is 0.261. The van der Waals surface area contributed by atoms with E-state index in [2.05, 4.69) is 0 Å². The first-order valence-electron chi connectivity index (χ1n) is 13.6. The third-order valence-corrected chi connectivity index (χ3v) is 7.59. The predicted molar refractivity (Wildman–Crippen MR) is 152 cm³/mol. The highest BCUT2D eigenvalue weighted by atomic mass is 16.7. The first-order valence-corrected chi connectivity index (χ1v) is 13.6. The van der Waals surface area contributed by atoms with Gasteiger partial charge in [0.25, 0.3) is 0 Å². The molecule has 1 heterocycles. The first-order chi connectivity index (χ1) is 19.6. The van der Waals surface area contributed by atoms with Crippen LogP contribution in [0.15, 0.2) is 121 Å². The van der Waals surface area contributed by atoms with Crippen LogP contribution in [0.5, 0.6) is 0 Å². The van der Waals surface area contributed by atoms with Gasteiger partial charge in [0.15, 0.2) is 5.60 Å². The van der Waals surface area contributed by atoms with Gasteiger partial charge in [-0.3, -0.25) is 0 Å². The Bertz CT molecular complexity index is 1300. The fourth-order valence-electron chi connectivity index (χ4n) is 5.47. The minimum atomic E-state index is -1.58. The fourth-order valence-corrected chi connectivity index (χ4v) is 5.47. The third kappa shape index (κ3) is 6.03. The molecule has 1 aliphatic heterocycles. The molecule has 0 amide bonds. The molecule has 40 heavy (non-hydrogen) atoms. The van der Waals surface area contributed by atoms with Crippen LogP contribution in [0.2, 0.25) is 0 Å². The summed E-state index contributed by atoms with van der Waals surface area (Å²) in [5.41, 5.74) is 2.04. The second kappa shape index (κ2) is 12.9. The van der Waals surface area contributed by atoms with E-state index in [9.17, 15) is 15.3 Å². The summed E-state index contributed by atoms with van der Waals surface area (Å²) in [5, 5.41) is 33.5. The van der Waals surface area contributed by atoms with E-state index in [0.29, 0.717) is 0 Å². The van der Waals surface area contributed by atoms with Crippen molar-refractivity contribution >= 4 is 0 Å². The zero-order valence-corrected chi connectivity index (χ0v) is 22.4. The van der Waals surface area contributed by atoms with Crippen molar-refractivity contribution in [2.45, 2.75) is 55.8 Å². The molecule has 0 bridgehead atoms. The smallest absolute Gasteiger partial charge is 0.205 e. The van der Waals surface area contributed by atoms with Crippen LogP contribution in [-0.2, 0) is 40.3 Å². The Balaban J connectivity index is 1.66. The Morgan fingerprint density at radius 1 is 0.575 bits per heavy atom. The van der Waals surface area contributed by atoms with Crippen molar-refractivity contribution in [1.29, 1.82) is 0 Å². The molecule has 5 rings (SSSR count). The Kier molecular flexibility index (Phi) is 9.07. The van der Waals surface area contributed by atoms with Crippen LogP contribution >= 0.6 is 0 Å². The molecule has 1 aliphatic rings. The van der Waals surface area contributed by atoms with E-state index in [1.807, 2.05) is 121 Å². The molecule has 4 aromatic rings. The standard InChI is InChI=1S/C34H36O6/c35-23-30-31(36)32(37)33(21-26-13-5-1-6-14-26,38-24-28-17-9-3-10-18-28)34(40-30,22-27-15-7-2-8-16-27)39-25-29-19-11-4-12-20-29/h1-20,30-32,35-37H,21-25H2/t30-,31-,32+,33-,34?/m1/s1. The van der Waals surface area contributed by atoms with Gasteiger partial charge in [0.2, 0.25) is 5.79 Å². The fraction of sp³-hybridized carbons (Fsp3) is 0.294. The van der Waals surface area contributed by atoms with Gasteiger partial charge in [-0.2, -0.15) is 0 Å². The second-order valence-corrected chi connectivity index (χ2v) is 10.3. The molecule has 0 aromatic heterocycles. The van der Waals surface area contributed by atoms with Gasteiger partial charge >= 0.3 is 0 Å². The van der Waals surface area contributed by atoms with Crippen LogP contribution in [-0.4, -0.2) is 51.6 Å². The normalized spacial score (nSPS) is 26.4. The lowest BCUT2D eigenvalue weighted by atomic mass is 9.73. The molecule has 1 fully saturated rings. The molecule has 6 nitrogen and oxygen atoms in total. The Morgan fingerprint density at radius 2 is 1.00 bits per heavy atom. The van der Waals surface area contributed by atoms with Crippen molar-refractivity contribution in [2.24, 2.45) is 0 Å². The molecule has 1 unspecified atom stereocenters. The maximum atomic E-state index is 12.0. The lowest BCUT2D eigenvalue weighted by Crippen LogP contribution is -2.76. The Labute approximate surface area is 235 Å². The summed E-state index contributed by atoms with van der Waals surface area (Å²) < 4.78 is 20.1. The number of benzene rings is 4. The molecular formula is C34H36O6. The summed E-state index contributed by atoms with van der Waals surface area (Å²) in [5.74, 6) is -1.58. The summed E-state index contributed by atoms with van der Waals surface area (Å²) in [6, 6.07) is 38.8. The van der Waals surface area contributed by atoms with Crippen molar-refractivity contribution < 1.29 is 29.5 Å². The predicted octanol–water partition coefficient (Wildman–Crippen LogP) is 4.45. The molecule has 1 saturated heterocycles. The minimum absolute atomic E-state index is 0.149. The second-order valence-electron chi connectivity index (χ2n) is 10.3. The van der Waals surface area contributed by atoms with Gasteiger partial charge in [-0.1, -0.05) is 121 Å². The molecule has 4 aromatic carbocycles. The van der Waals surface area contributed by atoms with Gasteiger partial charge in [0, 0.05) is 12.8 Å². The highest BCUT2D eigenvalue weighted by Gasteiger charge is 2.66. The van der Waals surface area contributed by atoms with Gasteiger partial charge in [0.1, 0.15) is 18.3 Å². The van der Waals surface area contributed by atoms with Crippen LogP contribution in [0.1, 0.15) is 22.3 Å². The molecule has 208 valence electrons. The number of hydrogen-bond donors (Lipinski definition) is 3. The molecule has 0 spiro atoms. The largest absolute Gasteiger partial charge is 0.394 e. The van der Waals surface area contributed by atoms with E-state index in [4.69, 9.17) is 14.2 Å². The zero-order valence-electron chi connectivity index (χ0n) is 22.4. The molecule has 6 heteroatoms. The van der Waals surface area contributed by atoms with Crippen LogP contribution in [0.25, 0.3) is 0 Å². The Morgan fingerprint density at radius 3 is 1.48 bits per heavy atom. The first kappa shape index (κ1) is 28.2. The lowest BCUT2D eigenvalue weighted by Gasteiger charge is -2.57. The average molecular weight is 541 g/mol. The highest BCUT2D eigenvalue weighted by molar-refractivity contribution is 5.26. The Hall–Kier alpha value is -3.36. The van der Waals surface area contributed by atoms with Crippen molar-refractivity contribution in [3.8, 4) is 0 Å². The maximum Gasteiger partial charge on any atom is 0.205 e. The molecule has 0 aliphatic carbocycles. The van der Waals surface area contributed by atoms with E-state index >= 15 is 0 Å². The van der Waals surface area contributed by atoms with Gasteiger partial charge in [-0.25, -0.2) is 0 Å². The monoisotopic (exact) mass is 540 g/mol. The van der Waals surface area contributed by atoms with Gasteiger partial charge in [-0.15, -0.1) is 0 Å². The zero-order chi connectivity index (χ0) is 27.8. The van der Waals surface area contributed by atoms with E-state index < -0.39 is 36.3 Å². The van der Waals surface area contributed by atoms with E-state index in [1.165, 1.54) is 0 Å². The molecule has 0 saturated carbocycles. The van der Waals surface area contributed by atoms with E-state index in [0.717, 1.165) is 22.3 Å². The summed E-state index contributed by atoms with van der Waals surface area (Å²) in [6.07, 6.45) is -3.53. The van der Waals surface area contributed by atoms with Crippen LogP contribution in [0.3, 0.4) is 0 Å². The third-order valence-electron chi connectivity index (χ3n) is 7.59. The minimum Gasteiger partial charge on any atom is -0.394 e. The molecule has 3 N–H and O–H groups in total. The summed E-state index contributed by atoms with van der Waals surface area (Å²) in [6.45, 7) is -0.181. The van der Waals surface area contributed by atoms with Crippen molar-refractivity contribution in [2.75, 3.05) is 6.61 Å². The molecule has 5 atom stereocenters. The summed E-state index contributed by atoms with van der Waals surface area (Å²) in [4.78, 5) is 0. The topological polar surface area (TPSA) is 88.4 Å². The number of aliphatic hydroxyl groups is 3. The highest BCUT2D eigenvalue weighted by Crippen LogP contribution is 2.47. The lowest BCUT2D eigenvalue weighted by molar-refractivity contribution is -0.414. The van der Waals surface area contributed by atoms with Crippen LogP contribution in [0, 0.1) is 0 Å². The van der Waals surface area contributed by atoms with Gasteiger partial charge < -0.3 is 29.5 Å². The molecular weight excluding hydrogens is 504 g/mol. The summed E-state index contributed by atoms with van der Waals surface area (Å²) in [7, 11) is 0. The van der Waals surface area contributed by atoms with Gasteiger partial charge in [-0.05, 0) is 22.3 Å². The number of hydrogen-bond acceptors (Lipinski definition) is 6. The van der Waals surface area contributed by atoms with Crippen LogP contribution < -0.4 is 0 Å². The number of rotatable bonds is 11. The van der Waals surface area contributed by atoms with Crippen molar-refractivity contribution in [3.05, 3.63) is 144 Å². The number of aliphatic hydroxyl groups excluding tert-OH is 3. The molecule has 0 radical (unpaired) electrons. The van der Waals surface area contributed by atoms with E-state index in [1.54, 1.807) is 0 Å².